The maximum absolute atomic E-state index is 13.1. The SMILES string of the molecule is CNS(=O)(=O)c1cc(C=CC(=O)NCC2(c3ccc(F)cc3)CC2)ccc1OC. The van der Waals surface area contributed by atoms with Crippen molar-refractivity contribution in [2.75, 3.05) is 20.7 Å². The summed E-state index contributed by atoms with van der Waals surface area (Å²) in [5.74, 6) is -0.348. The summed E-state index contributed by atoms with van der Waals surface area (Å²) in [6.45, 7) is 0.462. The number of carbonyl (C=O) groups excluding carboxylic acids is 1. The summed E-state index contributed by atoms with van der Waals surface area (Å²) < 4.78 is 44.7. The molecule has 2 aromatic rings. The number of ether oxygens (including phenoxy) is 1. The van der Waals surface area contributed by atoms with Gasteiger partial charge in [-0.3, -0.25) is 4.79 Å². The molecule has 0 aliphatic heterocycles. The van der Waals surface area contributed by atoms with Crippen molar-refractivity contribution in [2.45, 2.75) is 23.2 Å². The molecule has 0 saturated heterocycles. The van der Waals surface area contributed by atoms with Gasteiger partial charge in [-0.2, -0.15) is 0 Å². The highest BCUT2D eigenvalue weighted by Gasteiger charge is 2.44. The van der Waals surface area contributed by atoms with Gasteiger partial charge >= 0.3 is 0 Å². The largest absolute Gasteiger partial charge is 0.495 e. The lowest BCUT2D eigenvalue weighted by atomic mass is 9.96. The van der Waals surface area contributed by atoms with E-state index < -0.39 is 10.0 Å². The molecule has 0 aromatic heterocycles. The zero-order chi connectivity index (χ0) is 21.1. The molecule has 0 radical (unpaired) electrons. The minimum absolute atomic E-state index is 0.00157. The van der Waals surface area contributed by atoms with E-state index in [1.165, 1.54) is 44.5 Å². The van der Waals surface area contributed by atoms with Crippen molar-refractivity contribution in [3.63, 3.8) is 0 Å². The first-order valence-corrected chi connectivity index (χ1v) is 10.6. The minimum atomic E-state index is -3.69. The Bertz CT molecular complexity index is 1030. The van der Waals surface area contributed by atoms with Gasteiger partial charge in [-0.25, -0.2) is 17.5 Å². The minimum Gasteiger partial charge on any atom is -0.495 e. The number of halogens is 1. The molecule has 6 nitrogen and oxygen atoms in total. The first kappa shape index (κ1) is 21.0. The average molecular weight is 418 g/mol. The van der Waals surface area contributed by atoms with Crippen LogP contribution in [0, 0.1) is 5.82 Å². The Hall–Kier alpha value is -2.71. The Balaban J connectivity index is 1.67. The molecule has 0 unspecified atom stereocenters. The fourth-order valence-corrected chi connectivity index (χ4v) is 4.05. The van der Waals surface area contributed by atoms with E-state index in [9.17, 15) is 17.6 Å². The number of benzene rings is 2. The first-order valence-electron chi connectivity index (χ1n) is 9.13. The monoisotopic (exact) mass is 418 g/mol. The predicted octanol–water partition coefficient (Wildman–Crippen LogP) is 2.60. The normalized spacial score (nSPS) is 15.3. The third-order valence-corrected chi connectivity index (χ3v) is 6.52. The molecule has 8 heteroatoms. The number of rotatable bonds is 8. The van der Waals surface area contributed by atoms with Crippen LogP contribution in [-0.4, -0.2) is 35.0 Å². The summed E-state index contributed by atoms with van der Waals surface area (Å²) in [5, 5.41) is 2.87. The molecule has 0 spiro atoms. The maximum Gasteiger partial charge on any atom is 0.244 e. The molecule has 3 rings (SSSR count). The van der Waals surface area contributed by atoms with E-state index in [-0.39, 0.29) is 27.8 Å². The number of nitrogens with one attached hydrogen (secondary N) is 2. The summed E-state index contributed by atoms with van der Waals surface area (Å²) in [6.07, 6.45) is 4.78. The summed E-state index contributed by atoms with van der Waals surface area (Å²) in [4.78, 5) is 12.2. The fraction of sp³-hybridized carbons (Fsp3) is 0.286. The van der Waals surface area contributed by atoms with Gasteiger partial charge in [0, 0.05) is 18.0 Å². The summed E-state index contributed by atoms with van der Waals surface area (Å²) in [5.41, 5.74) is 1.43. The molecule has 29 heavy (non-hydrogen) atoms. The van der Waals surface area contributed by atoms with Crippen LogP contribution >= 0.6 is 0 Å². The molecule has 2 aromatic carbocycles. The second-order valence-corrected chi connectivity index (χ2v) is 8.81. The number of hydrogen-bond donors (Lipinski definition) is 2. The standard InChI is InChI=1S/C21H23FN2O4S/c1-23-29(26,27)19-13-15(3-9-18(19)28-2)4-10-20(25)24-14-21(11-12-21)16-5-7-17(22)8-6-16/h3-10,13,23H,11-12,14H2,1-2H3,(H,24,25). The molecule has 0 atom stereocenters. The van der Waals surface area contributed by atoms with Crippen molar-refractivity contribution < 1.29 is 22.3 Å². The van der Waals surface area contributed by atoms with Gasteiger partial charge in [0.05, 0.1) is 7.11 Å². The van der Waals surface area contributed by atoms with E-state index in [0.29, 0.717) is 12.1 Å². The molecular formula is C21H23FN2O4S. The Morgan fingerprint density at radius 2 is 1.90 bits per heavy atom. The predicted molar refractivity (Wildman–Crippen MR) is 109 cm³/mol. The van der Waals surface area contributed by atoms with Gasteiger partial charge in [0.15, 0.2) is 0 Å². The van der Waals surface area contributed by atoms with Crippen molar-refractivity contribution >= 4 is 22.0 Å². The lowest BCUT2D eigenvalue weighted by Gasteiger charge is -2.16. The molecule has 1 aliphatic rings. The molecule has 1 fully saturated rings. The maximum atomic E-state index is 13.1. The van der Waals surface area contributed by atoms with Crippen LogP contribution in [0.4, 0.5) is 4.39 Å². The van der Waals surface area contributed by atoms with Crippen molar-refractivity contribution in [1.29, 1.82) is 0 Å². The number of carbonyl (C=O) groups is 1. The first-order chi connectivity index (χ1) is 13.8. The molecule has 1 aliphatic carbocycles. The van der Waals surface area contributed by atoms with Gasteiger partial charge in [-0.05, 0) is 61.4 Å². The number of hydrogen-bond acceptors (Lipinski definition) is 4. The van der Waals surface area contributed by atoms with Crippen LogP contribution in [0.3, 0.4) is 0 Å². The molecule has 154 valence electrons. The van der Waals surface area contributed by atoms with Gasteiger partial charge in [-0.15, -0.1) is 0 Å². The van der Waals surface area contributed by atoms with E-state index in [2.05, 4.69) is 10.0 Å². The van der Waals surface area contributed by atoms with Crippen molar-refractivity contribution in [3.8, 4) is 5.75 Å². The smallest absolute Gasteiger partial charge is 0.244 e. The average Bonchev–Trinajstić information content (AvgIpc) is 3.52. The van der Waals surface area contributed by atoms with Crippen LogP contribution in [0.15, 0.2) is 53.4 Å². The summed E-state index contributed by atoms with van der Waals surface area (Å²) in [7, 11) is -0.983. The van der Waals surface area contributed by atoms with Crippen LogP contribution in [-0.2, 0) is 20.2 Å². The van der Waals surface area contributed by atoms with Crippen LogP contribution in [0.25, 0.3) is 6.08 Å². The van der Waals surface area contributed by atoms with E-state index >= 15 is 0 Å². The molecule has 0 heterocycles. The zero-order valence-corrected chi connectivity index (χ0v) is 17.1. The summed E-state index contributed by atoms with van der Waals surface area (Å²) >= 11 is 0. The highest BCUT2D eigenvalue weighted by atomic mass is 32.2. The van der Waals surface area contributed by atoms with Crippen molar-refractivity contribution in [2.24, 2.45) is 0 Å². The topological polar surface area (TPSA) is 84.5 Å². The van der Waals surface area contributed by atoms with E-state index in [0.717, 1.165) is 18.4 Å². The third kappa shape index (κ3) is 4.83. The third-order valence-electron chi connectivity index (χ3n) is 5.08. The second-order valence-electron chi connectivity index (χ2n) is 6.96. The fourth-order valence-electron chi connectivity index (χ4n) is 3.13. The van der Waals surface area contributed by atoms with Crippen molar-refractivity contribution in [1.82, 2.24) is 10.0 Å². The van der Waals surface area contributed by atoms with Crippen LogP contribution in [0.5, 0.6) is 5.75 Å². The van der Waals surface area contributed by atoms with Gasteiger partial charge in [0.1, 0.15) is 16.5 Å². The van der Waals surface area contributed by atoms with E-state index in [4.69, 9.17) is 4.74 Å². The lowest BCUT2D eigenvalue weighted by Crippen LogP contribution is -2.31. The van der Waals surface area contributed by atoms with Crippen LogP contribution in [0.1, 0.15) is 24.0 Å². The quantitative estimate of drug-likeness (QED) is 0.646. The molecule has 1 saturated carbocycles. The van der Waals surface area contributed by atoms with Gasteiger partial charge in [0.2, 0.25) is 15.9 Å². The highest BCUT2D eigenvalue weighted by molar-refractivity contribution is 7.89. The Labute approximate surface area is 169 Å². The number of methoxy groups -OCH3 is 1. The van der Waals surface area contributed by atoms with Gasteiger partial charge in [-0.1, -0.05) is 18.2 Å². The highest BCUT2D eigenvalue weighted by Crippen LogP contribution is 2.47. The Morgan fingerprint density at radius 3 is 2.48 bits per heavy atom. The van der Waals surface area contributed by atoms with Crippen LogP contribution in [0.2, 0.25) is 0 Å². The summed E-state index contributed by atoms with van der Waals surface area (Å²) in [6, 6.07) is 11.0. The molecular weight excluding hydrogens is 395 g/mol. The second kappa shape index (κ2) is 8.34. The van der Waals surface area contributed by atoms with Crippen LogP contribution < -0.4 is 14.8 Å². The molecule has 2 N–H and O–H groups in total. The zero-order valence-electron chi connectivity index (χ0n) is 16.2. The van der Waals surface area contributed by atoms with Gasteiger partial charge < -0.3 is 10.1 Å². The van der Waals surface area contributed by atoms with Crippen molar-refractivity contribution in [3.05, 3.63) is 65.5 Å². The molecule has 1 amide bonds. The van der Waals surface area contributed by atoms with E-state index in [1.807, 2.05) is 0 Å². The number of amides is 1. The number of sulfonamides is 1. The Kier molecular flexibility index (Phi) is 6.04. The Morgan fingerprint density at radius 1 is 1.21 bits per heavy atom. The van der Waals surface area contributed by atoms with E-state index in [1.54, 1.807) is 24.3 Å². The van der Waals surface area contributed by atoms with Gasteiger partial charge in [0.25, 0.3) is 0 Å². The lowest BCUT2D eigenvalue weighted by molar-refractivity contribution is -0.116. The molecule has 0 bridgehead atoms.